The topological polar surface area (TPSA) is 102 Å². The number of hydrogen-bond acceptors (Lipinski definition) is 4. The van der Waals surface area contributed by atoms with Gasteiger partial charge in [-0.1, -0.05) is 19.3 Å². The van der Waals surface area contributed by atoms with Gasteiger partial charge in [0.15, 0.2) is 5.54 Å². The molecule has 18 heavy (non-hydrogen) atoms. The second-order valence-electron chi connectivity index (χ2n) is 5.36. The van der Waals surface area contributed by atoms with E-state index in [0.717, 1.165) is 19.3 Å². The number of hydrogen-bond donors (Lipinski definition) is 3. The summed E-state index contributed by atoms with van der Waals surface area (Å²) in [5, 5.41) is 11.9. The molecule has 0 aromatic rings. The lowest BCUT2D eigenvalue weighted by Gasteiger charge is -2.35. The minimum Gasteiger partial charge on any atom is -0.479 e. The molecule has 1 aliphatic heterocycles. The molecule has 1 unspecified atom stereocenters. The monoisotopic (exact) mass is 256 g/mol. The lowest BCUT2D eigenvalue weighted by atomic mass is 9.81. The molecule has 1 aliphatic carbocycles. The Labute approximate surface area is 106 Å². The van der Waals surface area contributed by atoms with Crippen LogP contribution < -0.4 is 11.1 Å². The first-order valence-electron chi connectivity index (χ1n) is 6.41. The summed E-state index contributed by atoms with van der Waals surface area (Å²) in [6.45, 7) is 0.369. The Balaban J connectivity index is 2.07. The second-order valence-corrected chi connectivity index (χ2v) is 5.36. The normalized spacial score (nSPS) is 30.9. The van der Waals surface area contributed by atoms with Gasteiger partial charge in [0.25, 0.3) is 0 Å². The molecule has 1 atom stereocenters. The average Bonchev–Trinajstić information content (AvgIpc) is 2.80. The molecule has 6 nitrogen and oxygen atoms in total. The number of ether oxygens (including phenoxy) is 1. The van der Waals surface area contributed by atoms with Crippen molar-refractivity contribution in [2.45, 2.75) is 49.6 Å². The molecule has 1 heterocycles. The first-order valence-corrected chi connectivity index (χ1v) is 6.41. The third-order valence-corrected chi connectivity index (χ3v) is 3.98. The zero-order valence-electron chi connectivity index (χ0n) is 10.4. The molecule has 102 valence electrons. The van der Waals surface area contributed by atoms with Crippen LogP contribution in [-0.4, -0.2) is 41.3 Å². The van der Waals surface area contributed by atoms with Crippen LogP contribution in [0.5, 0.6) is 0 Å². The number of nitrogens with one attached hydrogen (secondary N) is 1. The highest BCUT2D eigenvalue weighted by Gasteiger charge is 2.47. The number of carboxylic acids is 1. The molecular formula is C12H20N2O4. The van der Waals surface area contributed by atoms with E-state index in [4.69, 9.17) is 10.5 Å². The molecule has 1 saturated heterocycles. The average molecular weight is 256 g/mol. The van der Waals surface area contributed by atoms with E-state index in [-0.39, 0.29) is 12.5 Å². The number of carbonyl (C=O) groups excluding carboxylic acids is 1. The van der Waals surface area contributed by atoms with E-state index >= 15 is 0 Å². The van der Waals surface area contributed by atoms with Crippen LogP contribution in [0.25, 0.3) is 0 Å². The van der Waals surface area contributed by atoms with Crippen LogP contribution in [0.2, 0.25) is 0 Å². The van der Waals surface area contributed by atoms with Crippen molar-refractivity contribution in [3.8, 4) is 0 Å². The summed E-state index contributed by atoms with van der Waals surface area (Å²) >= 11 is 0. The van der Waals surface area contributed by atoms with Gasteiger partial charge in [-0.05, 0) is 12.8 Å². The maximum absolute atomic E-state index is 12.2. The van der Waals surface area contributed by atoms with Crippen LogP contribution in [0, 0.1) is 0 Å². The Morgan fingerprint density at radius 1 is 1.17 bits per heavy atom. The molecule has 6 heteroatoms. The van der Waals surface area contributed by atoms with Crippen LogP contribution in [0.15, 0.2) is 0 Å². The zero-order chi connectivity index (χ0) is 13.2. The van der Waals surface area contributed by atoms with Gasteiger partial charge in [0.2, 0.25) is 5.91 Å². The summed E-state index contributed by atoms with van der Waals surface area (Å²) in [5.41, 5.74) is 3.89. The Hall–Kier alpha value is -1.14. The predicted molar refractivity (Wildman–Crippen MR) is 63.9 cm³/mol. The number of aliphatic carboxylic acids is 1. The summed E-state index contributed by atoms with van der Waals surface area (Å²) in [6.07, 6.45) is 4.45. The summed E-state index contributed by atoms with van der Waals surface area (Å²) < 4.78 is 5.11. The van der Waals surface area contributed by atoms with Gasteiger partial charge in [-0.25, -0.2) is 4.79 Å². The van der Waals surface area contributed by atoms with Gasteiger partial charge in [-0.2, -0.15) is 0 Å². The van der Waals surface area contributed by atoms with E-state index in [0.29, 0.717) is 25.9 Å². The Kier molecular flexibility index (Phi) is 3.59. The quantitative estimate of drug-likeness (QED) is 0.660. The number of amides is 1. The molecule has 0 bridgehead atoms. The molecule has 2 rings (SSSR count). The smallest absolute Gasteiger partial charge is 0.331 e. The molecule has 0 aromatic carbocycles. The highest BCUT2D eigenvalue weighted by Crippen LogP contribution is 2.28. The first-order chi connectivity index (χ1) is 8.49. The van der Waals surface area contributed by atoms with Crippen molar-refractivity contribution in [3.05, 3.63) is 0 Å². The Morgan fingerprint density at radius 3 is 2.33 bits per heavy atom. The zero-order valence-corrected chi connectivity index (χ0v) is 10.4. The molecule has 1 saturated carbocycles. The fourth-order valence-electron chi connectivity index (χ4n) is 2.64. The van der Waals surface area contributed by atoms with Crippen molar-refractivity contribution in [1.29, 1.82) is 0 Å². The van der Waals surface area contributed by atoms with Crippen LogP contribution in [0.1, 0.15) is 38.5 Å². The maximum atomic E-state index is 12.2. The number of rotatable bonds is 3. The van der Waals surface area contributed by atoms with Gasteiger partial charge in [0.05, 0.1) is 12.1 Å². The summed E-state index contributed by atoms with van der Waals surface area (Å²) in [4.78, 5) is 23.5. The fraction of sp³-hybridized carbons (Fsp3) is 0.833. The first kappa shape index (κ1) is 13.3. The van der Waals surface area contributed by atoms with E-state index in [1.54, 1.807) is 0 Å². The predicted octanol–water partition coefficient (Wildman–Crippen LogP) is 0.00790. The van der Waals surface area contributed by atoms with Crippen molar-refractivity contribution < 1.29 is 19.4 Å². The Bertz CT molecular complexity index is 344. The molecule has 0 spiro atoms. The SMILES string of the molecule is NC1(C(=O)NC2(C(=O)O)CCOC2)CCCCC1. The van der Waals surface area contributed by atoms with Gasteiger partial charge in [0, 0.05) is 13.0 Å². The van der Waals surface area contributed by atoms with Gasteiger partial charge >= 0.3 is 5.97 Å². The fourth-order valence-corrected chi connectivity index (χ4v) is 2.64. The second kappa shape index (κ2) is 4.85. The Morgan fingerprint density at radius 2 is 1.83 bits per heavy atom. The van der Waals surface area contributed by atoms with Crippen molar-refractivity contribution >= 4 is 11.9 Å². The van der Waals surface area contributed by atoms with E-state index in [2.05, 4.69) is 5.32 Å². The van der Waals surface area contributed by atoms with Crippen molar-refractivity contribution in [3.63, 3.8) is 0 Å². The molecule has 2 aliphatic rings. The molecule has 0 radical (unpaired) electrons. The standard InChI is InChI=1S/C12H20N2O4/c13-11(4-2-1-3-5-11)9(15)14-12(10(16)17)6-7-18-8-12/h1-8,13H2,(H,14,15)(H,16,17). The van der Waals surface area contributed by atoms with Crippen molar-refractivity contribution in [1.82, 2.24) is 5.32 Å². The van der Waals surface area contributed by atoms with E-state index < -0.39 is 17.0 Å². The lowest BCUT2D eigenvalue weighted by Crippen LogP contribution is -2.64. The van der Waals surface area contributed by atoms with Crippen LogP contribution >= 0.6 is 0 Å². The van der Waals surface area contributed by atoms with Crippen LogP contribution in [0.3, 0.4) is 0 Å². The molecule has 1 amide bonds. The van der Waals surface area contributed by atoms with E-state index in [1.807, 2.05) is 0 Å². The van der Waals surface area contributed by atoms with Crippen LogP contribution in [-0.2, 0) is 14.3 Å². The molecular weight excluding hydrogens is 236 g/mol. The van der Waals surface area contributed by atoms with Gasteiger partial charge < -0.3 is 20.9 Å². The van der Waals surface area contributed by atoms with E-state index in [9.17, 15) is 14.7 Å². The summed E-state index contributed by atoms with van der Waals surface area (Å²) in [6, 6.07) is 0. The summed E-state index contributed by atoms with van der Waals surface area (Å²) in [7, 11) is 0. The highest BCUT2D eigenvalue weighted by molar-refractivity contribution is 5.92. The van der Waals surface area contributed by atoms with Gasteiger partial charge in [-0.15, -0.1) is 0 Å². The van der Waals surface area contributed by atoms with Gasteiger partial charge in [0.1, 0.15) is 0 Å². The molecule has 0 aromatic heterocycles. The molecule has 4 N–H and O–H groups in total. The number of carboxylic acid groups (broad SMARTS) is 1. The molecule has 2 fully saturated rings. The van der Waals surface area contributed by atoms with Crippen LogP contribution in [0.4, 0.5) is 0 Å². The number of carbonyl (C=O) groups is 2. The summed E-state index contributed by atoms with van der Waals surface area (Å²) in [5.74, 6) is -1.40. The minimum absolute atomic E-state index is 0.0180. The van der Waals surface area contributed by atoms with Crippen molar-refractivity contribution in [2.75, 3.05) is 13.2 Å². The minimum atomic E-state index is -1.29. The van der Waals surface area contributed by atoms with Crippen molar-refractivity contribution in [2.24, 2.45) is 5.73 Å². The third-order valence-electron chi connectivity index (χ3n) is 3.98. The largest absolute Gasteiger partial charge is 0.479 e. The highest BCUT2D eigenvalue weighted by atomic mass is 16.5. The maximum Gasteiger partial charge on any atom is 0.331 e. The lowest BCUT2D eigenvalue weighted by molar-refractivity contribution is -0.148. The third kappa shape index (κ3) is 2.35. The van der Waals surface area contributed by atoms with E-state index in [1.165, 1.54) is 0 Å². The number of nitrogens with two attached hydrogens (primary N) is 1. The van der Waals surface area contributed by atoms with Gasteiger partial charge in [-0.3, -0.25) is 4.79 Å².